The van der Waals surface area contributed by atoms with E-state index in [9.17, 15) is 9.18 Å². The summed E-state index contributed by atoms with van der Waals surface area (Å²) in [5, 5.41) is 15.1. The molecule has 0 atom stereocenters. The quantitative estimate of drug-likeness (QED) is 0.759. The van der Waals surface area contributed by atoms with Crippen molar-refractivity contribution in [2.24, 2.45) is 5.92 Å². The van der Waals surface area contributed by atoms with Gasteiger partial charge in [0.2, 0.25) is 5.91 Å². The van der Waals surface area contributed by atoms with Gasteiger partial charge in [-0.05, 0) is 37.1 Å². The summed E-state index contributed by atoms with van der Waals surface area (Å²) in [6.45, 7) is 1.37. The topological polar surface area (TPSA) is 88.8 Å². The Hall–Kier alpha value is -3.36. The van der Waals surface area contributed by atoms with Crippen LogP contribution in [0.15, 0.2) is 49.1 Å². The second-order valence-electron chi connectivity index (χ2n) is 6.32. The second kappa shape index (κ2) is 7.48. The molecule has 1 fully saturated rings. The minimum absolute atomic E-state index is 0.146. The number of anilines is 2. The molecule has 1 N–H and O–H groups in total. The fraction of sp³-hybridized carbons (Fsp3) is 0.278. The molecule has 9 heteroatoms. The molecule has 1 saturated heterocycles. The number of aromatic nitrogens is 5. The Morgan fingerprint density at radius 3 is 2.48 bits per heavy atom. The first-order valence-electron chi connectivity index (χ1n) is 8.70. The highest BCUT2D eigenvalue weighted by Crippen LogP contribution is 2.23. The van der Waals surface area contributed by atoms with Crippen LogP contribution in [0, 0.1) is 11.7 Å². The first-order chi connectivity index (χ1) is 13.2. The Morgan fingerprint density at radius 2 is 1.81 bits per heavy atom. The standard InChI is InChI=1S/C18H18FN7O/c19-14-3-1-2-4-15(14)22-18(27)13-7-9-25(10-8-13)16-5-6-17(24-23-16)26-12-20-11-21-26/h1-6,11-13H,7-10H2,(H,22,27). The van der Waals surface area contributed by atoms with E-state index >= 15 is 0 Å². The van der Waals surface area contributed by atoms with E-state index in [-0.39, 0.29) is 17.5 Å². The van der Waals surface area contributed by atoms with Crippen molar-refractivity contribution in [1.82, 2.24) is 25.0 Å². The fourth-order valence-electron chi connectivity index (χ4n) is 3.10. The highest BCUT2D eigenvalue weighted by atomic mass is 19.1. The molecule has 1 aliphatic heterocycles. The van der Waals surface area contributed by atoms with Crippen molar-refractivity contribution in [3.63, 3.8) is 0 Å². The minimum Gasteiger partial charge on any atom is -0.355 e. The summed E-state index contributed by atoms with van der Waals surface area (Å²) in [5.74, 6) is 0.629. The van der Waals surface area contributed by atoms with Crippen molar-refractivity contribution in [3.05, 3.63) is 54.9 Å². The predicted octanol–water partition coefficient (Wildman–Crippen LogP) is 2.05. The van der Waals surface area contributed by atoms with Gasteiger partial charge in [0.15, 0.2) is 11.6 Å². The van der Waals surface area contributed by atoms with Crippen LogP contribution in [-0.4, -0.2) is 44.0 Å². The molecule has 0 unspecified atom stereocenters. The highest BCUT2D eigenvalue weighted by Gasteiger charge is 2.26. The Balaban J connectivity index is 1.34. The van der Waals surface area contributed by atoms with Crippen LogP contribution < -0.4 is 10.2 Å². The number of rotatable bonds is 4. The number of benzene rings is 1. The molecule has 0 aliphatic carbocycles. The lowest BCUT2D eigenvalue weighted by Gasteiger charge is -2.31. The summed E-state index contributed by atoms with van der Waals surface area (Å²) in [6, 6.07) is 9.90. The number of piperidine rings is 1. The van der Waals surface area contributed by atoms with E-state index in [0.29, 0.717) is 31.7 Å². The first-order valence-corrected chi connectivity index (χ1v) is 8.70. The van der Waals surface area contributed by atoms with Crippen LogP contribution in [0.1, 0.15) is 12.8 Å². The third-order valence-corrected chi connectivity index (χ3v) is 4.61. The van der Waals surface area contributed by atoms with Crippen LogP contribution >= 0.6 is 0 Å². The van der Waals surface area contributed by atoms with E-state index in [1.807, 2.05) is 12.1 Å². The summed E-state index contributed by atoms with van der Waals surface area (Å²) in [6.07, 6.45) is 4.34. The molecule has 27 heavy (non-hydrogen) atoms. The lowest BCUT2D eigenvalue weighted by molar-refractivity contribution is -0.120. The monoisotopic (exact) mass is 367 g/mol. The molecule has 4 rings (SSSR count). The van der Waals surface area contributed by atoms with Crippen molar-refractivity contribution in [2.75, 3.05) is 23.3 Å². The number of hydrogen-bond acceptors (Lipinski definition) is 6. The maximum absolute atomic E-state index is 13.7. The molecule has 1 amide bonds. The van der Waals surface area contributed by atoms with Crippen LogP contribution in [0.3, 0.4) is 0 Å². The largest absolute Gasteiger partial charge is 0.355 e. The van der Waals surface area contributed by atoms with Gasteiger partial charge in [-0.25, -0.2) is 14.1 Å². The van der Waals surface area contributed by atoms with E-state index in [0.717, 1.165) is 5.82 Å². The van der Waals surface area contributed by atoms with Crippen molar-refractivity contribution in [3.8, 4) is 5.82 Å². The molecule has 0 spiro atoms. The van der Waals surface area contributed by atoms with E-state index in [4.69, 9.17) is 0 Å². The van der Waals surface area contributed by atoms with Crippen molar-refractivity contribution < 1.29 is 9.18 Å². The number of carbonyl (C=O) groups is 1. The summed E-state index contributed by atoms with van der Waals surface area (Å²) in [7, 11) is 0. The smallest absolute Gasteiger partial charge is 0.227 e. The molecular formula is C18H18FN7O. The van der Waals surface area contributed by atoms with Gasteiger partial charge in [0.05, 0.1) is 5.69 Å². The Kier molecular flexibility index (Phi) is 4.73. The molecule has 2 aromatic heterocycles. The summed E-state index contributed by atoms with van der Waals surface area (Å²) < 4.78 is 15.2. The van der Waals surface area contributed by atoms with E-state index in [1.165, 1.54) is 17.1 Å². The SMILES string of the molecule is O=C(Nc1ccccc1F)C1CCN(c2ccc(-n3cncn3)nn2)CC1. The molecule has 0 bridgehead atoms. The first kappa shape index (κ1) is 17.1. The molecule has 8 nitrogen and oxygen atoms in total. The second-order valence-corrected chi connectivity index (χ2v) is 6.32. The molecule has 1 aliphatic rings. The number of para-hydroxylation sites is 1. The lowest BCUT2D eigenvalue weighted by atomic mass is 9.96. The molecule has 1 aromatic carbocycles. The maximum Gasteiger partial charge on any atom is 0.227 e. The third-order valence-electron chi connectivity index (χ3n) is 4.61. The average Bonchev–Trinajstić information content (AvgIpc) is 3.25. The number of amides is 1. The summed E-state index contributed by atoms with van der Waals surface area (Å²) in [4.78, 5) is 18.4. The number of hydrogen-bond donors (Lipinski definition) is 1. The number of halogens is 1. The molecule has 0 saturated carbocycles. The van der Waals surface area contributed by atoms with E-state index in [1.54, 1.807) is 24.5 Å². The highest BCUT2D eigenvalue weighted by molar-refractivity contribution is 5.92. The van der Waals surface area contributed by atoms with Crippen LogP contribution in [0.25, 0.3) is 5.82 Å². The van der Waals surface area contributed by atoms with Crippen LogP contribution in [0.5, 0.6) is 0 Å². The van der Waals surface area contributed by atoms with Crippen LogP contribution in [0.4, 0.5) is 15.9 Å². The van der Waals surface area contributed by atoms with Gasteiger partial charge < -0.3 is 10.2 Å². The molecular weight excluding hydrogens is 349 g/mol. The van der Waals surface area contributed by atoms with Crippen molar-refractivity contribution >= 4 is 17.4 Å². The van der Waals surface area contributed by atoms with Gasteiger partial charge in [-0.1, -0.05) is 12.1 Å². The number of carbonyl (C=O) groups excluding carboxylic acids is 1. The predicted molar refractivity (Wildman–Crippen MR) is 96.9 cm³/mol. The minimum atomic E-state index is -0.425. The Labute approximate surface area is 155 Å². The Morgan fingerprint density at radius 1 is 1.07 bits per heavy atom. The molecule has 3 aromatic rings. The normalized spacial score (nSPS) is 14.9. The van der Waals surface area contributed by atoms with E-state index in [2.05, 4.69) is 30.5 Å². The van der Waals surface area contributed by atoms with Gasteiger partial charge in [-0.3, -0.25) is 4.79 Å². The Bertz CT molecular complexity index is 906. The summed E-state index contributed by atoms with van der Waals surface area (Å²) in [5.41, 5.74) is 0.222. The van der Waals surface area contributed by atoms with Gasteiger partial charge in [0, 0.05) is 19.0 Å². The zero-order chi connectivity index (χ0) is 18.6. The fourth-order valence-corrected chi connectivity index (χ4v) is 3.10. The van der Waals surface area contributed by atoms with Gasteiger partial charge in [-0.2, -0.15) is 5.10 Å². The third kappa shape index (κ3) is 3.76. The van der Waals surface area contributed by atoms with Gasteiger partial charge in [-0.15, -0.1) is 10.2 Å². The lowest BCUT2D eigenvalue weighted by Crippen LogP contribution is -2.38. The van der Waals surface area contributed by atoms with Crippen LogP contribution in [0.2, 0.25) is 0 Å². The van der Waals surface area contributed by atoms with Gasteiger partial charge in [0.1, 0.15) is 18.5 Å². The molecule has 138 valence electrons. The number of nitrogens with zero attached hydrogens (tertiary/aromatic N) is 6. The molecule has 0 radical (unpaired) electrons. The maximum atomic E-state index is 13.7. The zero-order valence-corrected chi connectivity index (χ0v) is 14.5. The number of nitrogens with one attached hydrogen (secondary N) is 1. The van der Waals surface area contributed by atoms with Crippen LogP contribution in [-0.2, 0) is 4.79 Å². The van der Waals surface area contributed by atoms with Gasteiger partial charge in [0.25, 0.3) is 0 Å². The van der Waals surface area contributed by atoms with Crippen molar-refractivity contribution in [1.29, 1.82) is 0 Å². The van der Waals surface area contributed by atoms with Crippen molar-refractivity contribution in [2.45, 2.75) is 12.8 Å². The zero-order valence-electron chi connectivity index (χ0n) is 14.5. The van der Waals surface area contributed by atoms with Gasteiger partial charge >= 0.3 is 0 Å². The summed E-state index contributed by atoms with van der Waals surface area (Å²) >= 11 is 0. The average molecular weight is 367 g/mol. The van der Waals surface area contributed by atoms with E-state index < -0.39 is 5.82 Å². The molecule has 3 heterocycles.